The normalized spacial score (nSPS) is 12.0. The van der Waals surface area contributed by atoms with E-state index in [1.165, 1.54) is 6.33 Å². The third-order valence-corrected chi connectivity index (χ3v) is 3.11. The molecule has 0 spiro atoms. The van der Waals surface area contributed by atoms with Gasteiger partial charge in [-0.05, 0) is 33.0 Å². The maximum Gasteiger partial charge on any atom is 0.242 e. The average Bonchev–Trinajstić information content (AvgIpc) is 2.65. The molecule has 0 atom stereocenters. The smallest absolute Gasteiger partial charge is 0.242 e. The Balaban J connectivity index is 2.50. The van der Waals surface area contributed by atoms with Gasteiger partial charge in [-0.2, -0.15) is 4.98 Å². The van der Waals surface area contributed by atoms with E-state index >= 15 is 0 Å². The third kappa shape index (κ3) is 2.76. The van der Waals surface area contributed by atoms with E-state index in [0.29, 0.717) is 29.3 Å². The van der Waals surface area contributed by atoms with Crippen molar-refractivity contribution in [3.05, 3.63) is 11.1 Å². The summed E-state index contributed by atoms with van der Waals surface area (Å²) in [6, 6.07) is 0. The van der Waals surface area contributed by atoms with E-state index in [2.05, 4.69) is 15.0 Å². The zero-order valence-electron chi connectivity index (χ0n) is 11.6. The van der Waals surface area contributed by atoms with Crippen LogP contribution in [0.5, 0.6) is 5.88 Å². The number of aromatic amines is 1. The summed E-state index contributed by atoms with van der Waals surface area (Å²) >= 11 is 5.34. The van der Waals surface area contributed by atoms with Crippen molar-refractivity contribution in [2.45, 2.75) is 32.9 Å². The Morgan fingerprint density at radius 1 is 1.42 bits per heavy atom. The van der Waals surface area contributed by atoms with E-state index in [9.17, 15) is 0 Å². The van der Waals surface area contributed by atoms with Gasteiger partial charge in [-0.3, -0.25) is 4.57 Å². The van der Waals surface area contributed by atoms with Crippen molar-refractivity contribution in [3.8, 4) is 5.88 Å². The molecule has 0 aliphatic heterocycles. The highest BCUT2D eigenvalue weighted by Gasteiger charge is 2.21. The number of aromatic nitrogens is 4. The molecule has 2 rings (SSSR count). The second-order valence-corrected chi connectivity index (χ2v) is 5.18. The highest BCUT2D eigenvalue weighted by molar-refractivity contribution is 7.71. The summed E-state index contributed by atoms with van der Waals surface area (Å²) in [6.45, 7) is 7.29. The number of rotatable bonds is 5. The molecule has 7 heteroatoms. The molecule has 0 radical (unpaired) electrons. The molecule has 0 unspecified atom stereocenters. The first-order chi connectivity index (χ1) is 8.98. The minimum absolute atomic E-state index is 0.319. The van der Waals surface area contributed by atoms with Crippen LogP contribution in [0, 0.1) is 4.77 Å². The largest absolute Gasteiger partial charge is 0.479 e. The van der Waals surface area contributed by atoms with E-state index in [1.54, 1.807) is 7.11 Å². The zero-order chi connectivity index (χ0) is 14.0. The lowest BCUT2D eigenvalue weighted by atomic mass is 10.1. The Morgan fingerprint density at radius 2 is 2.16 bits per heavy atom. The van der Waals surface area contributed by atoms with Crippen LogP contribution in [-0.2, 0) is 11.3 Å². The second kappa shape index (κ2) is 5.26. The van der Waals surface area contributed by atoms with Crippen LogP contribution in [0.25, 0.3) is 11.2 Å². The highest BCUT2D eigenvalue weighted by Crippen LogP contribution is 2.22. The van der Waals surface area contributed by atoms with Crippen LogP contribution in [-0.4, -0.2) is 38.8 Å². The molecule has 6 nitrogen and oxygen atoms in total. The van der Waals surface area contributed by atoms with Gasteiger partial charge in [-0.25, -0.2) is 4.98 Å². The second-order valence-electron chi connectivity index (χ2n) is 4.79. The Hall–Kier alpha value is -1.47. The molecule has 0 saturated heterocycles. The summed E-state index contributed by atoms with van der Waals surface area (Å²) in [4.78, 5) is 11.4. The van der Waals surface area contributed by atoms with Gasteiger partial charge in [0.2, 0.25) is 5.88 Å². The number of hydrogen-bond donors (Lipinski definition) is 1. The van der Waals surface area contributed by atoms with Gasteiger partial charge in [-0.1, -0.05) is 0 Å². The van der Waals surface area contributed by atoms with Gasteiger partial charge in [-0.15, -0.1) is 0 Å². The Labute approximate surface area is 116 Å². The van der Waals surface area contributed by atoms with Gasteiger partial charge in [0, 0.05) is 6.61 Å². The van der Waals surface area contributed by atoms with E-state index in [1.807, 2.05) is 25.3 Å². The lowest BCUT2D eigenvalue weighted by Gasteiger charge is -2.25. The molecule has 104 valence electrons. The van der Waals surface area contributed by atoms with E-state index in [0.717, 1.165) is 5.65 Å². The van der Waals surface area contributed by atoms with Crippen molar-refractivity contribution in [2.75, 3.05) is 13.7 Å². The van der Waals surface area contributed by atoms with Crippen molar-refractivity contribution >= 4 is 23.4 Å². The van der Waals surface area contributed by atoms with Crippen LogP contribution in [0.2, 0.25) is 0 Å². The molecule has 0 aliphatic carbocycles. The summed E-state index contributed by atoms with van der Waals surface area (Å²) in [5.74, 6) is 0.490. The molecule has 19 heavy (non-hydrogen) atoms. The van der Waals surface area contributed by atoms with Crippen LogP contribution >= 0.6 is 12.2 Å². The topological polar surface area (TPSA) is 65.0 Å². The number of hydrogen-bond acceptors (Lipinski definition) is 5. The maximum atomic E-state index is 5.71. The number of nitrogens with zero attached hydrogens (tertiary/aromatic N) is 3. The van der Waals surface area contributed by atoms with Crippen molar-refractivity contribution < 1.29 is 9.47 Å². The molecule has 0 saturated carbocycles. The summed E-state index contributed by atoms with van der Waals surface area (Å²) in [5, 5.41) is 0. The quantitative estimate of drug-likeness (QED) is 0.853. The van der Waals surface area contributed by atoms with Crippen LogP contribution in [0.3, 0.4) is 0 Å². The Morgan fingerprint density at radius 3 is 2.79 bits per heavy atom. The summed E-state index contributed by atoms with van der Waals surface area (Å²) in [7, 11) is 1.57. The van der Waals surface area contributed by atoms with Crippen molar-refractivity contribution in [1.82, 2.24) is 19.5 Å². The van der Waals surface area contributed by atoms with Gasteiger partial charge in [0.15, 0.2) is 10.4 Å². The van der Waals surface area contributed by atoms with Crippen molar-refractivity contribution in [1.29, 1.82) is 0 Å². The predicted octanol–water partition coefficient (Wildman–Crippen LogP) is 2.31. The molecule has 0 aromatic carbocycles. The molecule has 0 aliphatic rings. The highest BCUT2D eigenvalue weighted by atomic mass is 32.1. The first-order valence-electron chi connectivity index (χ1n) is 6.10. The van der Waals surface area contributed by atoms with Crippen LogP contribution in [0.1, 0.15) is 20.8 Å². The standard InChI is InChI=1S/C12H18N4O2S/c1-5-18-12(2,3)6-16-9-8(15-11(16)19)10(17-4)14-7-13-9/h7H,5-6H2,1-4H3,(H,15,19). The minimum Gasteiger partial charge on any atom is -0.479 e. The number of H-pyrrole nitrogens is 1. The fourth-order valence-corrected chi connectivity index (χ4v) is 2.32. The zero-order valence-corrected chi connectivity index (χ0v) is 12.4. The van der Waals surface area contributed by atoms with Gasteiger partial charge >= 0.3 is 0 Å². The molecule has 2 heterocycles. The number of imidazole rings is 1. The number of nitrogens with one attached hydrogen (secondary N) is 1. The Kier molecular flexibility index (Phi) is 3.86. The molecule has 0 bridgehead atoms. The Bertz CT molecular complexity index is 632. The first-order valence-corrected chi connectivity index (χ1v) is 6.51. The fourth-order valence-electron chi connectivity index (χ4n) is 2.06. The van der Waals surface area contributed by atoms with Gasteiger partial charge in [0.1, 0.15) is 11.8 Å². The summed E-state index contributed by atoms with van der Waals surface area (Å²) < 4.78 is 13.4. The molecular formula is C12H18N4O2S. The van der Waals surface area contributed by atoms with Crippen LogP contribution in [0.15, 0.2) is 6.33 Å². The fraction of sp³-hybridized carbons (Fsp3) is 0.583. The molecule has 2 aromatic rings. The minimum atomic E-state index is -0.319. The lowest BCUT2D eigenvalue weighted by molar-refractivity contribution is -0.0220. The molecule has 1 N–H and O–H groups in total. The predicted molar refractivity (Wildman–Crippen MR) is 75.0 cm³/mol. The molecule has 2 aromatic heterocycles. The van der Waals surface area contributed by atoms with E-state index < -0.39 is 0 Å². The van der Waals surface area contributed by atoms with Crippen molar-refractivity contribution in [2.24, 2.45) is 0 Å². The van der Waals surface area contributed by atoms with E-state index in [4.69, 9.17) is 21.7 Å². The van der Waals surface area contributed by atoms with Crippen LogP contribution < -0.4 is 4.74 Å². The SMILES string of the molecule is CCOC(C)(C)Cn1c(=S)[nH]c2c(OC)ncnc21. The van der Waals surface area contributed by atoms with E-state index in [-0.39, 0.29) is 5.60 Å². The first kappa shape index (κ1) is 14.0. The van der Waals surface area contributed by atoms with Gasteiger partial charge in [0.05, 0.1) is 19.3 Å². The average molecular weight is 282 g/mol. The van der Waals surface area contributed by atoms with Gasteiger partial charge < -0.3 is 14.5 Å². The maximum absolute atomic E-state index is 5.71. The lowest BCUT2D eigenvalue weighted by Crippen LogP contribution is -2.30. The molecule has 0 fully saturated rings. The number of fused-ring (bicyclic) bond motifs is 1. The molecule has 0 amide bonds. The summed E-state index contributed by atoms with van der Waals surface area (Å²) in [5.41, 5.74) is 1.12. The van der Waals surface area contributed by atoms with Crippen LogP contribution in [0.4, 0.5) is 0 Å². The van der Waals surface area contributed by atoms with Gasteiger partial charge in [0.25, 0.3) is 0 Å². The monoisotopic (exact) mass is 282 g/mol. The number of methoxy groups -OCH3 is 1. The summed E-state index contributed by atoms with van der Waals surface area (Å²) in [6.07, 6.45) is 1.47. The third-order valence-electron chi connectivity index (χ3n) is 2.79. The number of ether oxygens (including phenoxy) is 2. The molecular weight excluding hydrogens is 264 g/mol. The van der Waals surface area contributed by atoms with Crippen molar-refractivity contribution in [3.63, 3.8) is 0 Å².